The van der Waals surface area contributed by atoms with E-state index in [9.17, 15) is 8.42 Å². The van der Waals surface area contributed by atoms with E-state index in [2.05, 4.69) is 10.1 Å². The van der Waals surface area contributed by atoms with Crippen LogP contribution in [0.3, 0.4) is 0 Å². The molecule has 1 fully saturated rings. The zero-order valence-corrected chi connectivity index (χ0v) is 14.2. The molecule has 0 radical (unpaired) electrons. The van der Waals surface area contributed by atoms with Gasteiger partial charge in [0.1, 0.15) is 19.2 Å². The lowest BCUT2D eigenvalue weighted by Gasteiger charge is -2.28. The van der Waals surface area contributed by atoms with Crippen molar-refractivity contribution in [1.29, 1.82) is 0 Å². The summed E-state index contributed by atoms with van der Waals surface area (Å²) in [5.74, 6) is -1.51. The molecule has 2 heterocycles. The van der Waals surface area contributed by atoms with Crippen LogP contribution in [0.2, 0.25) is 5.02 Å². The van der Waals surface area contributed by atoms with Crippen LogP contribution in [0, 0.1) is 0 Å². The van der Waals surface area contributed by atoms with Crippen molar-refractivity contribution in [2.45, 2.75) is 24.9 Å². The summed E-state index contributed by atoms with van der Waals surface area (Å²) in [5, 5.41) is 4.64. The van der Waals surface area contributed by atoms with Crippen molar-refractivity contribution in [3.8, 4) is 0 Å². The Hall–Kier alpha value is -1.52. The van der Waals surface area contributed by atoms with Gasteiger partial charge in [-0.05, 0) is 18.6 Å². The van der Waals surface area contributed by atoms with Crippen LogP contribution in [-0.4, -0.2) is 46.2 Å². The lowest BCUT2D eigenvalue weighted by atomic mass is 10.1. The molecule has 1 saturated heterocycles. The van der Waals surface area contributed by atoms with Crippen LogP contribution in [0.25, 0.3) is 0 Å². The fraction of sp³-hybridized carbons (Fsp3) is 0.429. The number of aromatic nitrogens is 3. The van der Waals surface area contributed by atoms with Crippen LogP contribution in [0.1, 0.15) is 12.0 Å². The van der Waals surface area contributed by atoms with E-state index in [4.69, 9.17) is 25.6 Å². The molecule has 1 aliphatic heterocycles. The molecule has 0 bridgehead atoms. The maximum absolute atomic E-state index is 10.9. The minimum absolute atomic E-state index is 0.130. The lowest BCUT2D eigenvalue weighted by molar-refractivity contribution is -0.188. The van der Waals surface area contributed by atoms with E-state index in [-0.39, 0.29) is 25.3 Å². The van der Waals surface area contributed by atoms with Gasteiger partial charge in [0.05, 0.1) is 18.5 Å². The third kappa shape index (κ3) is 4.11. The second kappa shape index (κ2) is 6.77. The van der Waals surface area contributed by atoms with E-state index >= 15 is 0 Å². The Morgan fingerprint density at radius 1 is 1.38 bits per heavy atom. The molecule has 2 unspecified atom stereocenters. The zero-order chi connectivity index (χ0) is 17.2. The third-order valence-electron chi connectivity index (χ3n) is 3.68. The molecule has 1 N–H and O–H groups in total. The summed E-state index contributed by atoms with van der Waals surface area (Å²) in [6.45, 7) is 0.448. The molecule has 1 aromatic carbocycles. The highest BCUT2D eigenvalue weighted by Gasteiger charge is 2.44. The van der Waals surface area contributed by atoms with Crippen LogP contribution in [0.5, 0.6) is 0 Å². The Morgan fingerprint density at radius 3 is 2.75 bits per heavy atom. The Morgan fingerprint density at radius 2 is 2.12 bits per heavy atom. The molecule has 2 aromatic rings. The van der Waals surface area contributed by atoms with Crippen LogP contribution in [0.4, 0.5) is 0 Å². The normalized spacial score (nSPS) is 24.3. The molecular formula is C14H16ClN3O5S. The zero-order valence-electron chi connectivity index (χ0n) is 12.6. The predicted octanol–water partition coefficient (Wildman–Crippen LogP) is 1.48. The topological polar surface area (TPSA) is 104 Å². The van der Waals surface area contributed by atoms with Crippen LogP contribution in [0.15, 0.2) is 36.9 Å². The van der Waals surface area contributed by atoms with Gasteiger partial charge in [-0.3, -0.25) is 4.55 Å². The van der Waals surface area contributed by atoms with Crippen molar-refractivity contribution in [1.82, 2.24) is 14.8 Å². The smallest absolute Gasteiger partial charge is 0.264 e. The summed E-state index contributed by atoms with van der Waals surface area (Å²) in [6, 6.07) is 7.01. The SMILES string of the molecule is O=S(=O)(O)CCC1COC(Cn2cncn2)(c2ccc(Cl)cc2)O1. The summed E-state index contributed by atoms with van der Waals surface area (Å²) >= 11 is 5.93. The molecule has 2 atom stereocenters. The van der Waals surface area contributed by atoms with Gasteiger partial charge in [-0.15, -0.1) is 0 Å². The van der Waals surface area contributed by atoms with Crippen LogP contribution < -0.4 is 0 Å². The first kappa shape index (κ1) is 17.3. The van der Waals surface area contributed by atoms with Gasteiger partial charge in [0.2, 0.25) is 5.79 Å². The van der Waals surface area contributed by atoms with Gasteiger partial charge in [0.25, 0.3) is 10.1 Å². The molecule has 0 amide bonds. The highest BCUT2D eigenvalue weighted by atomic mass is 35.5. The quantitative estimate of drug-likeness (QED) is 0.765. The van der Waals surface area contributed by atoms with Gasteiger partial charge >= 0.3 is 0 Å². The first-order valence-corrected chi connectivity index (χ1v) is 9.20. The molecule has 10 heteroatoms. The Bertz CT molecular complexity index is 781. The van der Waals surface area contributed by atoms with Gasteiger partial charge in [-0.25, -0.2) is 9.67 Å². The van der Waals surface area contributed by atoms with Gasteiger partial charge in [0, 0.05) is 10.6 Å². The molecule has 1 aliphatic rings. The number of benzene rings is 1. The van der Waals surface area contributed by atoms with Crippen molar-refractivity contribution >= 4 is 21.7 Å². The molecule has 0 saturated carbocycles. The number of nitrogens with zero attached hydrogens (tertiary/aromatic N) is 3. The second-order valence-electron chi connectivity index (χ2n) is 5.48. The van der Waals surface area contributed by atoms with Crippen molar-refractivity contribution < 1.29 is 22.4 Å². The van der Waals surface area contributed by atoms with Crippen LogP contribution in [-0.2, 0) is 31.9 Å². The Balaban J connectivity index is 1.82. The molecular weight excluding hydrogens is 358 g/mol. The summed E-state index contributed by atoms with van der Waals surface area (Å²) < 4.78 is 44.2. The molecule has 24 heavy (non-hydrogen) atoms. The largest absolute Gasteiger partial charge is 0.342 e. The first-order valence-electron chi connectivity index (χ1n) is 7.22. The fourth-order valence-electron chi connectivity index (χ4n) is 2.54. The fourth-order valence-corrected chi connectivity index (χ4v) is 3.23. The number of rotatable bonds is 6. The number of ether oxygens (including phenoxy) is 2. The predicted molar refractivity (Wildman–Crippen MR) is 85.0 cm³/mol. The van der Waals surface area contributed by atoms with Gasteiger partial charge in [-0.1, -0.05) is 23.7 Å². The van der Waals surface area contributed by atoms with E-state index in [0.717, 1.165) is 5.56 Å². The number of hydrogen-bond acceptors (Lipinski definition) is 6. The lowest BCUT2D eigenvalue weighted by Crippen LogP contribution is -2.34. The average molecular weight is 374 g/mol. The first-order chi connectivity index (χ1) is 11.4. The highest BCUT2D eigenvalue weighted by Crippen LogP contribution is 2.37. The van der Waals surface area contributed by atoms with Crippen molar-refractivity contribution in [2.75, 3.05) is 12.4 Å². The van der Waals surface area contributed by atoms with Crippen molar-refractivity contribution in [3.05, 3.63) is 47.5 Å². The summed E-state index contributed by atoms with van der Waals surface area (Å²) in [7, 11) is -4.05. The van der Waals surface area contributed by atoms with Crippen molar-refractivity contribution in [3.63, 3.8) is 0 Å². The van der Waals surface area contributed by atoms with Gasteiger partial charge in [0.15, 0.2) is 0 Å². The molecule has 3 rings (SSSR count). The number of halogens is 1. The Labute approximate surface area is 144 Å². The number of hydrogen-bond donors (Lipinski definition) is 1. The van der Waals surface area contributed by atoms with E-state index in [1.54, 1.807) is 28.9 Å². The highest BCUT2D eigenvalue weighted by molar-refractivity contribution is 7.85. The second-order valence-corrected chi connectivity index (χ2v) is 7.49. The molecule has 0 spiro atoms. The summed E-state index contributed by atoms with van der Waals surface area (Å²) in [4.78, 5) is 3.90. The molecule has 1 aromatic heterocycles. The van der Waals surface area contributed by atoms with Gasteiger partial charge in [-0.2, -0.15) is 13.5 Å². The van der Waals surface area contributed by atoms with E-state index in [1.165, 1.54) is 12.7 Å². The minimum atomic E-state index is -4.05. The maximum atomic E-state index is 10.9. The molecule has 8 nitrogen and oxygen atoms in total. The third-order valence-corrected chi connectivity index (χ3v) is 4.68. The summed E-state index contributed by atoms with van der Waals surface area (Å²) in [5.41, 5.74) is 0.733. The van der Waals surface area contributed by atoms with E-state index < -0.39 is 22.0 Å². The average Bonchev–Trinajstić information content (AvgIpc) is 3.16. The molecule has 0 aliphatic carbocycles. The maximum Gasteiger partial charge on any atom is 0.264 e. The van der Waals surface area contributed by atoms with E-state index in [1.807, 2.05) is 0 Å². The standard InChI is InChI=1S/C14H16ClN3O5S/c15-12-3-1-11(2-4-12)14(8-18-10-16-9-17-18)22-7-13(23-14)5-6-24(19,20)21/h1-4,9-10,13H,5-8H2,(H,19,20,21). The van der Waals surface area contributed by atoms with E-state index in [0.29, 0.717) is 5.02 Å². The molecule has 130 valence electrons. The minimum Gasteiger partial charge on any atom is -0.342 e. The Kier molecular flexibility index (Phi) is 4.88. The van der Waals surface area contributed by atoms with Crippen LogP contribution >= 0.6 is 11.6 Å². The summed E-state index contributed by atoms with van der Waals surface area (Å²) in [6.07, 6.45) is 2.60. The van der Waals surface area contributed by atoms with Crippen molar-refractivity contribution in [2.24, 2.45) is 0 Å². The monoisotopic (exact) mass is 373 g/mol. The van der Waals surface area contributed by atoms with Gasteiger partial charge < -0.3 is 9.47 Å².